The number of unbranched alkanes of at least 4 members (excludes halogenated alkanes) is 1. The number of nitrogens with zero attached hydrogens (tertiary/aromatic N) is 2. The molecule has 0 spiro atoms. The lowest BCUT2D eigenvalue weighted by Gasteiger charge is -2.08. The van der Waals surface area contributed by atoms with Crippen LogP contribution in [0.5, 0.6) is 0 Å². The molecule has 0 unspecified atom stereocenters. The van der Waals surface area contributed by atoms with Crippen LogP contribution in [0.15, 0.2) is 29.4 Å². The number of nitrogens with two attached hydrogens (primary N) is 1. The van der Waals surface area contributed by atoms with E-state index in [4.69, 9.17) is 5.73 Å². The molecule has 1 saturated carbocycles. The van der Waals surface area contributed by atoms with E-state index in [-0.39, 0.29) is 24.0 Å². The largest absolute Gasteiger partial charge is 0.370 e. The summed E-state index contributed by atoms with van der Waals surface area (Å²) in [5.74, 6) is 1.55. The zero-order chi connectivity index (χ0) is 14.8. The second kappa shape index (κ2) is 11.7. The Morgan fingerprint density at radius 3 is 2.82 bits per heavy atom. The summed E-state index contributed by atoms with van der Waals surface area (Å²) in [5, 5.41) is 3.15. The quantitative estimate of drug-likeness (QED) is 0.295. The number of rotatable bonds is 8. The van der Waals surface area contributed by atoms with Gasteiger partial charge in [-0.1, -0.05) is 44.6 Å². The molecule has 1 aliphatic rings. The van der Waals surface area contributed by atoms with Gasteiger partial charge in [-0.05, 0) is 24.5 Å². The fraction of sp³-hybridized carbons (Fsp3) is 0.647. The van der Waals surface area contributed by atoms with Crippen molar-refractivity contribution in [2.24, 2.45) is 16.6 Å². The first-order valence-electron chi connectivity index (χ1n) is 8.28. The van der Waals surface area contributed by atoms with Crippen LogP contribution in [0.4, 0.5) is 0 Å². The second-order valence-electron chi connectivity index (χ2n) is 5.91. The zero-order valence-electron chi connectivity index (χ0n) is 13.3. The van der Waals surface area contributed by atoms with Gasteiger partial charge in [0.05, 0.1) is 0 Å². The number of nitrogens with one attached hydrogen (secondary N) is 1. The number of pyridine rings is 1. The average molecular weight is 416 g/mol. The van der Waals surface area contributed by atoms with Gasteiger partial charge in [0.15, 0.2) is 5.96 Å². The van der Waals surface area contributed by atoms with Crippen LogP contribution in [0.3, 0.4) is 0 Å². The predicted molar refractivity (Wildman–Crippen MR) is 104 cm³/mol. The van der Waals surface area contributed by atoms with E-state index in [0.717, 1.165) is 37.5 Å². The van der Waals surface area contributed by atoms with Crippen molar-refractivity contribution < 1.29 is 0 Å². The summed E-state index contributed by atoms with van der Waals surface area (Å²) in [7, 11) is 0. The first-order valence-corrected chi connectivity index (χ1v) is 8.28. The SMILES string of the molecule is I.NC(=NCCCCC1CCCC1)NCCc1ccccn1. The first kappa shape index (κ1) is 19.2. The molecule has 124 valence electrons. The van der Waals surface area contributed by atoms with Gasteiger partial charge >= 0.3 is 0 Å². The summed E-state index contributed by atoms with van der Waals surface area (Å²) in [4.78, 5) is 8.66. The minimum atomic E-state index is 0. The van der Waals surface area contributed by atoms with Gasteiger partial charge in [-0.3, -0.25) is 9.98 Å². The predicted octanol–water partition coefficient (Wildman–Crippen LogP) is 3.51. The number of guanidine groups is 1. The molecule has 1 heterocycles. The van der Waals surface area contributed by atoms with Crippen molar-refractivity contribution in [2.75, 3.05) is 13.1 Å². The Hall–Kier alpha value is -0.850. The van der Waals surface area contributed by atoms with Crippen LogP contribution in [0.2, 0.25) is 0 Å². The third-order valence-electron chi connectivity index (χ3n) is 4.19. The molecule has 0 amide bonds. The maximum atomic E-state index is 5.86. The summed E-state index contributed by atoms with van der Waals surface area (Å²) in [6, 6.07) is 5.96. The molecule has 0 bridgehead atoms. The number of aromatic nitrogens is 1. The van der Waals surface area contributed by atoms with Crippen molar-refractivity contribution in [3.63, 3.8) is 0 Å². The molecule has 1 aromatic heterocycles. The van der Waals surface area contributed by atoms with Gasteiger partial charge in [0, 0.05) is 31.4 Å². The number of hydrogen-bond acceptors (Lipinski definition) is 2. The zero-order valence-corrected chi connectivity index (χ0v) is 15.7. The molecule has 0 radical (unpaired) electrons. The third kappa shape index (κ3) is 7.96. The van der Waals surface area contributed by atoms with Crippen molar-refractivity contribution in [3.8, 4) is 0 Å². The lowest BCUT2D eigenvalue weighted by molar-refractivity contribution is 0.476. The normalized spacial score (nSPS) is 15.5. The molecule has 4 nitrogen and oxygen atoms in total. The maximum Gasteiger partial charge on any atom is 0.188 e. The van der Waals surface area contributed by atoms with Crippen LogP contribution in [-0.2, 0) is 6.42 Å². The molecule has 1 fully saturated rings. The highest BCUT2D eigenvalue weighted by Crippen LogP contribution is 2.28. The second-order valence-corrected chi connectivity index (χ2v) is 5.91. The summed E-state index contributed by atoms with van der Waals surface area (Å²) in [6.07, 6.45) is 12.3. The van der Waals surface area contributed by atoms with E-state index in [1.807, 2.05) is 24.4 Å². The van der Waals surface area contributed by atoms with E-state index in [1.54, 1.807) is 0 Å². The van der Waals surface area contributed by atoms with Gasteiger partial charge in [0.1, 0.15) is 0 Å². The van der Waals surface area contributed by atoms with E-state index >= 15 is 0 Å². The molecule has 2 rings (SSSR count). The number of aliphatic imine (C=N–C) groups is 1. The van der Waals surface area contributed by atoms with Crippen molar-refractivity contribution in [1.29, 1.82) is 0 Å². The maximum absolute atomic E-state index is 5.86. The summed E-state index contributed by atoms with van der Waals surface area (Å²) in [5.41, 5.74) is 6.94. The van der Waals surface area contributed by atoms with Gasteiger partial charge < -0.3 is 11.1 Å². The van der Waals surface area contributed by atoms with E-state index < -0.39 is 0 Å². The topological polar surface area (TPSA) is 63.3 Å². The molecule has 22 heavy (non-hydrogen) atoms. The van der Waals surface area contributed by atoms with Crippen molar-refractivity contribution in [1.82, 2.24) is 10.3 Å². The van der Waals surface area contributed by atoms with Crippen molar-refractivity contribution in [3.05, 3.63) is 30.1 Å². The van der Waals surface area contributed by atoms with Crippen LogP contribution in [0.25, 0.3) is 0 Å². The first-order chi connectivity index (χ1) is 10.3. The fourth-order valence-corrected chi connectivity index (χ4v) is 2.96. The van der Waals surface area contributed by atoms with Gasteiger partial charge in [-0.15, -0.1) is 24.0 Å². The van der Waals surface area contributed by atoms with E-state index in [1.165, 1.54) is 38.5 Å². The van der Waals surface area contributed by atoms with E-state index in [2.05, 4.69) is 15.3 Å². The summed E-state index contributed by atoms with van der Waals surface area (Å²) in [6.45, 7) is 1.63. The van der Waals surface area contributed by atoms with Crippen LogP contribution >= 0.6 is 24.0 Å². The molecule has 1 aromatic rings. The lowest BCUT2D eigenvalue weighted by atomic mass is 10.0. The van der Waals surface area contributed by atoms with Crippen LogP contribution in [0.1, 0.15) is 50.6 Å². The van der Waals surface area contributed by atoms with E-state index in [0.29, 0.717) is 5.96 Å². The standard InChI is InChI=1S/C17H28N4.HI/c18-17(21-14-11-16-10-4-6-12-19-16)20-13-5-3-9-15-7-1-2-8-15;/h4,6,10,12,15H,1-3,5,7-9,11,13-14H2,(H3,18,20,21);1H. The molecule has 0 saturated heterocycles. The number of halogens is 1. The Morgan fingerprint density at radius 1 is 1.27 bits per heavy atom. The lowest BCUT2D eigenvalue weighted by Crippen LogP contribution is -2.33. The third-order valence-corrected chi connectivity index (χ3v) is 4.19. The molecule has 5 heteroatoms. The molecule has 0 aliphatic heterocycles. The van der Waals surface area contributed by atoms with Crippen molar-refractivity contribution >= 4 is 29.9 Å². The molecular weight excluding hydrogens is 387 g/mol. The van der Waals surface area contributed by atoms with Crippen LogP contribution in [0, 0.1) is 5.92 Å². The summed E-state index contributed by atoms with van der Waals surface area (Å²) < 4.78 is 0. The van der Waals surface area contributed by atoms with E-state index in [9.17, 15) is 0 Å². The van der Waals surface area contributed by atoms with Gasteiger partial charge in [0.2, 0.25) is 0 Å². The Bertz CT molecular complexity index is 416. The van der Waals surface area contributed by atoms with Crippen LogP contribution in [-0.4, -0.2) is 24.0 Å². The van der Waals surface area contributed by atoms with Crippen LogP contribution < -0.4 is 11.1 Å². The summed E-state index contributed by atoms with van der Waals surface area (Å²) >= 11 is 0. The minimum Gasteiger partial charge on any atom is -0.370 e. The highest BCUT2D eigenvalue weighted by atomic mass is 127. The Balaban J connectivity index is 0.00000242. The minimum absolute atomic E-state index is 0. The Labute approximate surface area is 151 Å². The average Bonchev–Trinajstić information content (AvgIpc) is 3.01. The highest BCUT2D eigenvalue weighted by Gasteiger charge is 2.13. The van der Waals surface area contributed by atoms with Gasteiger partial charge in [-0.25, -0.2) is 0 Å². The Morgan fingerprint density at radius 2 is 2.09 bits per heavy atom. The molecule has 3 N–H and O–H groups in total. The molecule has 0 atom stereocenters. The van der Waals surface area contributed by atoms with Crippen molar-refractivity contribution in [2.45, 2.75) is 51.4 Å². The molecule has 0 aromatic carbocycles. The molecular formula is C17H29IN4. The Kier molecular flexibility index (Phi) is 10.2. The number of hydrogen-bond donors (Lipinski definition) is 2. The van der Waals surface area contributed by atoms with Gasteiger partial charge in [0.25, 0.3) is 0 Å². The molecule has 1 aliphatic carbocycles. The highest BCUT2D eigenvalue weighted by molar-refractivity contribution is 14.0. The monoisotopic (exact) mass is 416 g/mol. The smallest absolute Gasteiger partial charge is 0.188 e. The fourth-order valence-electron chi connectivity index (χ4n) is 2.96. The van der Waals surface area contributed by atoms with Gasteiger partial charge in [-0.2, -0.15) is 0 Å².